The molecule has 0 spiro atoms. The van der Waals surface area contributed by atoms with E-state index >= 15 is 0 Å². The molecule has 1 aromatic heterocycles. The van der Waals surface area contributed by atoms with Crippen LogP contribution in [0.3, 0.4) is 0 Å². The van der Waals surface area contributed by atoms with E-state index < -0.39 is 0 Å². The third kappa shape index (κ3) is 3.81. The normalized spacial score (nSPS) is 10.7. The molecule has 5 nitrogen and oxygen atoms in total. The van der Waals surface area contributed by atoms with Crippen LogP contribution >= 0.6 is 0 Å². The summed E-state index contributed by atoms with van der Waals surface area (Å²) in [5, 5.41) is 7.02. The number of amides is 1. The maximum Gasteiger partial charge on any atom is 0.276 e. The monoisotopic (exact) mass is 299 g/mol. The maximum atomic E-state index is 12.3. The van der Waals surface area contributed by atoms with E-state index in [-0.39, 0.29) is 23.1 Å². The number of nitrogens with zero attached hydrogens (tertiary/aromatic N) is 2. The molecule has 0 saturated heterocycles. The lowest BCUT2D eigenvalue weighted by atomic mass is 10.1. The van der Waals surface area contributed by atoms with E-state index in [1.54, 1.807) is 0 Å². The van der Waals surface area contributed by atoms with Gasteiger partial charge in [-0.25, -0.2) is 4.68 Å². The topological polar surface area (TPSA) is 64.0 Å². The van der Waals surface area contributed by atoms with E-state index in [9.17, 15) is 9.59 Å². The second kappa shape index (κ2) is 7.02. The van der Waals surface area contributed by atoms with Gasteiger partial charge in [0.05, 0.1) is 0 Å². The van der Waals surface area contributed by atoms with Gasteiger partial charge in [-0.2, -0.15) is 5.10 Å². The first kappa shape index (κ1) is 15.9. The molecule has 0 unspecified atom stereocenters. The van der Waals surface area contributed by atoms with Gasteiger partial charge in [0.15, 0.2) is 0 Å². The molecule has 2 aromatic rings. The van der Waals surface area contributed by atoms with Gasteiger partial charge in [0.25, 0.3) is 11.5 Å². The fourth-order valence-corrected chi connectivity index (χ4v) is 2.18. The van der Waals surface area contributed by atoms with Crippen LogP contribution in [0.15, 0.2) is 41.2 Å². The second-order valence-corrected chi connectivity index (χ2v) is 5.60. The highest BCUT2D eigenvalue weighted by atomic mass is 16.2. The second-order valence-electron chi connectivity index (χ2n) is 5.60. The Hall–Kier alpha value is -2.43. The van der Waals surface area contributed by atoms with E-state index in [2.05, 4.69) is 10.4 Å². The minimum atomic E-state index is -0.307. The van der Waals surface area contributed by atoms with Crippen LogP contribution < -0.4 is 10.9 Å². The number of rotatable bonds is 5. The number of carbonyl (C=O) groups excluding carboxylic acids is 1. The SMILES string of the molecule is CCc1ccccc1NC(=O)c1ccc(=O)n(CC(C)C)n1. The summed E-state index contributed by atoms with van der Waals surface area (Å²) in [7, 11) is 0. The van der Waals surface area contributed by atoms with Crippen LogP contribution in [0.5, 0.6) is 0 Å². The summed E-state index contributed by atoms with van der Waals surface area (Å²) in [5.41, 5.74) is 1.88. The van der Waals surface area contributed by atoms with Crippen LogP contribution in [-0.2, 0) is 13.0 Å². The van der Waals surface area contributed by atoms with Gasteiger partial charge in [0.2, 0.25) is 0 Å². The summed E-state index contributed by atoms with van der Waals surface area (Å²) in [6.07, 6.45) is 0.830. The van der Waals surface area contributed by atoms with Gasteiger partial charge >= 0.3 is 0 Å². The quantitative estimate of drug-likeness (QED) is 0.923. The number of carbonyl (C=O) groups is 1. The molecular formula is C17H21N3O2. The van der Waals surface area contributed by atoms with E-state index in [0.29, 0.717) is 6.54 Å². The maximum absolute atomic E-state index is 12.3. The summed E-state index contributed by atoms with van der Waals surface area (Å²) in [6, 6.07) is 10.5. The zero-order valence-electron chi connectivity index (χ0n) is 13.2. The number of hydrogen-bond acceptors (Lipinski definition) is 3. The molecule has 0 fully saturated rings. The number of aryl methyl sites for hydroxylation is 1. The van der Waals surface area contributed by atoms with Crippen LogP contribution in [0.1, 0.15) is 36.8 Å². The Kier molecular flexibility index (Phi) is 5.09. The predicted molar refractivity (Wildman–Crippen MR) is 87.1 cm³/mol. The molecule has 2 rings (SSSR count). The highest BCUT2D eigenvalue weighted by Crippen LogP contribution is 2.16. The molecule has 1 N–H and O–H groups in total. The highest BCUT2D eigenvalue weighted by molar-refractivity contribution is 6.03. The average Bonchev–Trinajstić information content (AvgIpc) is 2.49. The number of anilines is 1. The zero-order valence-corrected chi connectivity index (χ0v) is 13.2. The number of hydrogen-bond donors (Lipinski definition) is 1. The molecule has 1 aromatic carbocycles. The largest absolute Gasteiger partial charge is 0.320 e. The predicted octanol–water partition coefficient (Wildman–Crippen LogP) is 2.71. The lowest BCUT2D eigenvalue weighted by Crippen LogP contribution is -2.27. The molecule has 0 aliphatic rings. The minimum absolute atomic E-state index is 0.195. The summed E-state index contributed by atoms with van der Waals surface area (Å²) >= 11 is 0. The van der Waals surface area contributed by atoms with Crippen molar-refractivity contribution in [2.45, 2.75) is 33.7 Å². The Bertz CT molecular complexity index is 720. The van der Waals surface area contributed by atoms with Crippen molar-refractivity contribution in [3.63, 3.8) is 0 Å². The first-order valence-corrected chi connectivity index (χ1v) is 7.48. The van der Waals surface area contributed by atoms with Crippen molar-refractivity contribution in [1.29, 1.82) is 0 Å². The van der Waals surface area contributed by atoms with Crippen LogP contribution in [-0.4, -0.2) is 15.7 Å². The molecule has 1 heterocycles. The lowest BCUT2D eigenvalue weighted by Gasteiger charge is -2.11. The molecule has 0 radical (unpaired) electrons. The summed E-state index contributed by atoms with van der Waals surface area (Å²) in [5.74, 6) is -0.0252. The number of para-hydroxylation sites is 1. The highest BCUT2D eigenvalue weighted by Gasteiger charge is 2.12. The minimum Gasteiger partial charge on any atom is -0.320 e. The molecule has 0 saturated carbocycles. The molecule has 0 aliphatic heterocycles. The van der Waals surface area contributed by atoms with E-state index in [1.165, 1.54) is 16.8 Å². The molecule has 0 atom stereocenters. The Balaban J connectivity index is 2.24. The van der Waals surface area contributed by atoms with Crippen LogP contribution in [0.2, 0.25) is 0 Å². The van der Waals surface area contributed by atoms with Gasteiger partial charge in [-0.1, -0.05) is 39.0 Å². The van der Waals surface area contributed by atoms with Crippen molar-refractivity contribution in [2.24, 2.45) is 5.92 Å². The van der Waals surface area contributed by atoms with Gasteiger partial charge in [0, 0.05) is 18.3 Å². The average molecular weight is 299 g/mol. The van der Waals surface area contributed by atoms with Crippen molar-refractivity contribution in [1.82, 2.24) is 9.78 Å². The van der Waals surface area contributed by atoms with Gasteiger partial charge in [0.1, 0.15) is 5.69 Å². The molecular weight excluding hydrogens is 278 g/mol. The summed E-state index contributed by atoms with van der Waals surface area (Å²) in [4.78, 5) is 24.1. The third-order valence-corrected chi connectivity index (χ3v) is 3.28. The zero-order chi connectivity index (χ0) is 16.1. The van der Waals surface area contributed by atoms with Crippen LogP contribution in [0, 0.1) is 5.92 Å². The van der Waals surface area contributed by atoms with E-state index in [4.69, 9.17) is 0 Å². The van der Waals surface area contributed by atoms with Crippen LogP contribution in [0.4, 0.5) is 5.69 Å². The fraction of sp³-hybridized carbons (Fsp3) is 0.353. The van der Waals surface area contributed by atoms with Crippen molar-refractivity contribution >= 4 is 11.6 Å². The van der Waals surface area contributed by atoms with Crippen molar-refractivity contribution < 1.29 is 4.79 Å². The Labute approximate surface area is 130 Å². The van der Waals surface area contributed by atoms with Gasteiger partial charge < -0.3 is 5.32 Å². The Morgan fingerprint density at radius 1 is 1.23 bits per heavy atom. The molecule has 22 heavy (non-hydrogen) atoms. The summed E-state index contributed by atoms with van der Waals surface area (Å²) < 4.78 is 1.34. The first-order chi connectivity index (χ1) is 10.5. The van der Waals surface area contributed by atoms with Crippen molar-refractivity contribution in [3.8, 4) is 0 Å². The number of aromatic nitrogens is 2. The van der Waals surface area contributed by atoms with Crippen molar-refractivity contribution in [2.75, 3.05) is 5.32 Å². The van der Waals surface area contributed by atoms with Crippen molar-refractivity contribution in [3.05, 3.63) is 58.0 Å². The van der Waals surface area contributed by atoms with Gasteiger partial charge in [-0.05, 0) is 30.0 Å². The van der Waals surface area contributed by atoms with E-state index in [0.717, 1.165) is 17.7 Å². The molecule has 5 heteroatoms. The van der Waals surface area contributed by atoms with Crippen LogP contribution in [0.25, 0.3) is 0 Å². The van der Waals surface area contributed by atoms with E-state index in [1.807, 2.05) is 45.0 Å². The Morgan fingerprint density at radius 3 is 2.64 bits per heavy atom. The molecule has 0 aliphatic carbocycles. The number of benzene rings is 1. The lowest BCUT2D eigenvalue weighted by molar-refractivity contribution is 0.101. The fourth-order valence-electron chi connectivity index (χ4n) is 2.18. The molecule has 1 amide bonds. The third-order valence-electron chi connectivity index (χ3n) is 3.28. The first-order valence-electron chi connectivity index (χ1n) is 7.48. The Morgan fingerprint density at radius 2 is 1.95 bits per heavy atom. The number of nitrogens with one attached hydrogen (secondary N) is 1. The smallest absolute Gasteiger partial charge is 0.276 e. The summed E-state index contributed by atoms with van der Waals surface area (Å²) in [6.45, 7) is 6.52. The molecule has 0 bridgehead atoms. The molecule has 116 valence electrons. The van der Waals surface area contributed by atoms with Gasteiger partial charge in [-0.15, -0.1) is 0 Å². The standard InChI is InChI=1S/C17H21N3O2/c1-4-13-7-5-6-8-14(13)18-17(22)15-9-10-16(21)20(19-15)11-12(2)3/h5-10,12H,4,11H2,1-3H3,(H,18,22). The van der Waals surface area contributed by atoms with Gasteiger partial charge in [-0.3, -0.25) is 9.59 Å².